The first-order valence-corrected chi connectivity index (χ1v) is 16.4. The van der Waals surface area contributed by atoms with Crippen molar-refractivity contribution in [2.45, 2.75) is 75.5 Å². The van der Waals surface area contributed by atoms with Gasteiger partial charge in [0.25, 0.3) is 0 Å². The number of rotatable bonds is 16. The van der Waals surface area contributed by atoms with Gasteiger partial charge in [0, 0.05) is 32.7 Å². The number of fused-ring (bicyclic) bond motifs is 1. The Morgan fingerprint density at radius 3 is 2.49 bits per heavy atom. The molecule has 0 aliphatic carbocycles. The third-order valence-electron chi connectivity index (χ3n) is 9.53. The molecule has 7 atom stereocenters. The number of esters is 1. The lowest BCUT2D eigenvalue weighted by atomic mass is 9.70. The summed E-state index contributed by atoms with van der Waals surface area (Å²) in [4.78, 5) is 58.7. The number of aliphatic hydroxyl groups is 1. The first-order valence-electron chi connectivity index (χ1n) is 16.4. The fourth-order valence-corrected chi connectivity index (χ4v) is 7.49. The van der Waals surface area contributed by atoms with Gasteiger partial charge in [0.1, 0.15) is 17.7 Å². The minimum Gasteiger partial charge on any atom is -0.455 e. The van der Waals surface area contributed by atoms with Crippen molar-refractivity contribution in [3.05, 3.63) is 97.1 Å². The Morgan fingerprint density at radius 2 is 1.83 bits per heavy atom. The number of carbonyl (C=O) groups is 4. The Kier molecular flexibility index (Phi) is 10.9. The molecule has 0 saturated carbocycles. The number of aliphatic hydroxyl groups excluding tert-OH is 1. The van der Waals surface area contributed by atoms with E-state index in [1.807, 2.05) is 60.7 Å². The van der Waals surface area contributed by atoms with Gasteiger partial charge in [0.2, 0.25) is 17.7 Å². The van der Waals surface area contributed by atoms with Gasteiger partial charge in [-0.25, -0.2) is 0 Å². The van der Waals surface area contributed by atoms with Crippen molar-refractivity contribution in [3.63, 3.8) is 0 Å². The molecule has 3 fully saturated rings. The molecule has 0 aromatic heterocycles. The summed E-state index contributed by atoms with van der Waals surface area (Å²) in [5.74, 6) is -3.27. The Labute approximate surface area is 276 Å². The van der Waals surface area contributed by atoms with E-state index in [9.17, 15) is 24.3 Å². The van der Waals surface area contributed by atoms with Crippen LogP contribution in [0.5, 0.6) is 0 Å². The standard InChI is InChI=1S/C37H45N3O7/c1-4-6-18-29(42)38-25(3)32(27-16-11-8-12-17-27)46-36(45)30-28-19-20-37(47-28)31(30)34(43)40(22-13-23-41)33(37)35(44)39(21-5-2)24-26-14-9-7-10-15-26/h4-5,7-12,14-17,25,28,30-33,41H,1-2,6,13,18-24H2,3H3,(H,38,42)/t25-,28-,30+,31+,32-,33-,37+/m0/s1. The number of ether oxygens (including phenoxy) is 2. The van der Waals surface area contributed by atoms with Crippen molar-refractivity contribution < 1.29 is 33.8 Å². The molecule has 250 valence electrons. The Bertz CT molecular complexity index is 1450. The number of carbonyl (C=O) groups excluding carboxylic acids is 4. The average Bonchev–Trinajstić information content (AvgIpc) is 3.72. The van der Waals surface area contributed by atoms with Gasteiger partial charge in [-0.3, -0.25) is 19.2 Å². The molecule has 1 spiro atoms. The summed E-state index contributed by atoms with van der Waals surface area (Å²) >= 11 is 0. The van der Waals surface area contributed by atoms with E-state index in [1.54, 1.807) is 24.0 Å². The Morgan fingerprint density at radius 1 is 1.13 bits per heavy atom. The molecule has 5 rings (SSSR count). The number of amides is 3. The normalized spacial score (nSPS) is 25.5. The zero-order valence-corrected chi connectivity index (χ0v) is 27.0. The second-order valence-electron chi connectivity index (χ2n) is 12.6. The van der Waals surface area contributed by atoms with Crippen LogP contribution in [0.25, 0.3) is 0 Å². The van der Waals surface area contributed by atoms with Crippen LogP contribution < -0.4 is 5.32 Å². The molecule has 0 unspecified atom stereocenters. The van der Waals surface area contributed by atoms with Crippen LogP contribution in [0.1, 0.15) is 56.3 Å². The number of hydrogen-bond acceptors (Lipinski definition) is 7. The summed E-state index contributed by atoms with van der Waals surface area (Å²) in [6.45, 7) is 9.86. The average molecular weight is 644 g/mol. The molecule has 10 nitrogen and oxygen atoms in total. The van der Waals surface area contributed by atoms with Crippen molar-refractivity contribution in [2.24, 2.45) is 11.8 Å². The molecular formula is C37H45N3O7. The van der Waals surface area contributed by atoms with Crippen LogP contribution in [-0.4, -0.2) is 82.1 Å². The minimum absolute atomic E-state index is 0.146. The van der Waals surface area contributed by atoms with Gasteiger partial charge in [-0.1, -0.05) is 72.8 Å². The van der Waals surface area contributed by atoms with Crippen molar-refractivity contribution in [2.75, 3.05) is 19.7 Å². The maximum Gasteiger partial charge on any atom is 0.313 e. The molecule has 3 heterocycles. The highest BCUT2D eigenvalue weighted by molar-refractivity contribution is 5.98. The predicted octanol–water partition coefficient (Wildman–Crippen LogP) is 3.71. The molecule has 47 heavy (non-hydrogen) atoms. The van der Waals surface area contributed by atoms with E-state index in [4.69, 9.17) is 9.47 Å². The molecule has 3 aliphatic rings. The summed E-state index contributed by atoms with van der Waals surface area (Å²) in [7, 11) is 0. The zero-order chi connectivity index (χ0) is 33.6. The highest BCUT2D eigenvalue weighted by atomic mass is 16.6. The van der Waals surface area contributed by atoms with Crippen LogP contribution in [0.2, 0.25) is 0 Å². The minimum atomic E-state index is -1.21. The molecule has 2 N–H and O–H groups in total. The highest BCUT2D eigenvalue weighted by Crippen LogP contribution is 2.59. The molecule has 3 amide bonds. The third kappa shape index (κ3) is 6.89. The van der Waals surface area contributed by atoms with Crippen molar-refractivity contribution in [1.29, 1.82) is 0 Å². The van der Waals surface area contributed by atoms with Crippen LogP contribution in [0.15, 0.2) is 86.0 Å². The van der Waals surface area contributed by atoms with Crippen molar-refractivity contribution in [1.82, 2.24) is 15.1 Å². The molecule has 2 aromatic rings. The van der Waals surface area contributed by atoms with Gasteiger partial charge in [0.05, 0.1) is 24.0 Å². The van der Waals surface area contributed by atoms with Gasteiger partial charge >= 0.3 is 5.97 Å². The van der Waals surface area contributed by atoms with Gasteiger partial charge in [-0.2, -0.15) is 0 Å². The van der Waals surface area contributed by atoms with Crippen molar-refractivity contribution in [3.8, 4) is 0 Å². The number of hydrogen-bond donors (Lipinski definition) is 2. The second kappa shape index (κ2) is 15.1. The van der Waals surface area contributed by atoms with E-state index in [0.29, 0.717) is 31.4 Å². The van der Waals surface area contributed by atoms with Crippen LogP contribution in [-0.2, 0) is 35.2 Å². The number of benzene rings is 2. The van der Waals surface area contributed by atoms with E-state index in [-0.39, 0.29) is 50.3 Å². The monoisotopic (exact) mass is 643 g/mol. The summed E-state index contributed by atoms with van der Waals surface area (Å²) in [5.41, 5.74) is 0.423. The number of nitrogens with one attached hydrogen (secondary N) is 1. The molecule has 3 saturated heterocycles. The summed E-state index contributed by atoms with van der Waals surface area (Å²) in [6.07, 6.45) is 3.89. The number of likely N-dealkylation sites (tertiary alicyclic amines) is 1. The molecule has 2 aromatic carbocycles. The highest BCUT2D eigenvalue weighted by Gasteiger charge is 2.75. The van der Waals surface area contributed by atoms with Crippen LogP contribution in [0, 0.1) is 11.8 Å². The van der Waals surface area contributed by atoms with E-state index in [0.717, 1.165) is 5.56 Å². The van der Waals surface area contributed by atoms with E-state index < -0.39 is 47.7 Å². The fraction of sp³-hybridized carbons (Fsp3) is 0.459. The van der Waals surface area contributed by atoms with Crippen LogP contribution in [0.3, 0.4) is 0 Å². The largest absolute Gasteiger partial charge is 0.455 e. The zero-order valence-electron chi connectivity index (χ0n) is 27.0. The van der Waals surface area contributed by atoms with Crippen molar-refractivity contribution >= 4 is 23.7 Å². The Balaban J connectivity index is 1.44. The SMILES string of the molecule is C=CCCC(=O)N[C@@H](C)[C@H](OC(=O)[C@@H]1[C@@H]2CC[C@]3(O2)[C@H](C(=O)N(CC=C)Cc2ccccc2)N(CCCO)C(=O)[C@@H]13)c1ccccc1. The molecule has 0 radical (unpaired) electrons. The number of allylic oxidation sites excluding steroid dienone is 1. The maximum atomic E-state index is 14.5. The van der Waals surface area contributed by atoms with E-state index in [2.05, 4.69) is 18.5 Å². The second-order valence-corrected chi connectivity index (χ2v) is 12.6. The topological polar surface area (TPSA) is 125 Å². The molecule has 3 aliphatic heterocycles. The smallest absolute Gasteiger partial charge is 0.313 e. The van der Waals surface area contributed by atoms with Gasteiger partial charge in [0.15, 0.2) is 0 Å². The first-order chi connectivity index (χ1) is 22.7. The van der Waals surface area contributed by atoms with Gasteiger partial charge in [-0.05, 0) is 43.7 Å². The molecule has 10 heteroatoms. The maximum absolute atomic E-state index is 14.5. The lowest BCUT2D eigenvalue weighted by Gasteiger charge is -2.37. The quantitative estimate of drug-likeness (QED) is 0.211. The predicted molar refractivity (Wildman–Crippen MR) is 175 cm³/mol. The van der Waals surface area contributed by atoms with Gasteiger partial charge in [-0.15, -0.1) is 13.2 Å². The summed E-state index contributed by atoms with van der Waals surface area (Å²) in [5, 5.41) is 12.6. The first kappa shape index (κ1) is 34.1. The number of nitrogens with zero attached hydrogens (tertiary/aromatic N) is 2. The van der Waals surface area contributed by atoms with E-state index >= 15 is 0 Å². The summed E-state index contributed by atoms with van der Waals surface area (Å²) in [6, 6.07) is 17.2. The van der Waals surface area contributed by atoms with Crippen LogP contribution in [0.4, 0.5) is 0 Å². The Hall–Kier alpha value is -4.28. The lowest BCUT2D eigenvalue weighted by Crippen LogP contribution is -2.56. The third-order valence-corrected chi connectivity index (χ3v) is 9.53. The summed E-state index contributed by atoms with van der Waals surface area (Å²) < 4.78 is 12.8. The van der Waals surface area contributed by atoms with E-state index in [1.165, 1.54) is 4.90 Å². The lowest BCUT2D eigenvalue weighted by molar-refractivity contribution is -0.162. The molecular weight excluding hydrogens is 598 g/mol. The van der Waals surface area contributed by atoms with Gasteiger partial charge < -0.3 is 29.7 Å². The van der Waals surface area contributed by atoms with Crippen LogP contribution >= 0.6 is 0 Å². The molecule has 2 bridgehead atoms. The fourth-order valence-electron chi connectivity index (χ4n) is 7.49.